The lowest BCUT2D eigenvalue weighted by Crippen LogP contribution is -2.36. The monoisotopic (exact) mass is 367 g/mol. The summed E-state index contributed by atoms with van der Waals surface area (Å²) >= 11 is 0. The largest absolute Gasteiger partial charge is 0.444 e. The first-order valence-corrected chi connectivity index (χ1v) is 9.01. The predicted octanol–water partition coefficient (Wildman–Crippen LogP) is 3.51. The summed E-state index contributed by atoms with van der Waals surface area (Å²) in [7, 11) is 0. The summed E-state index contributed by atoms with van der Waals surface area (Å²) in [4.78, 5) is 13.4. The molecule has 0 fully saturated rings. The second kappa shape index (κ2) is 8.53. The smallest absolute Gasteiger partial charge is 0.226 e. The van der Waals surface area contributed by atoms with Crippen molar-refractivity contribution in [2.45, 2.75) is 40.8 Å². The zero-order valence-electron chi connectivity index (χ0n) is 16.2. The number of aryl methyl sites for hydroxylation is 3. The van der Waals surface area contributed by atoms with E-state index in [4.69, 9.17) is 8.83 Å². The molecule has 0 spiro atoms. The van der Waals surface area contributed by atoms with Gasteiger partial charge in [-0.1, -0.05) is 17.7 Å². The van der Waals surface area contributed by atoms with Gasteiger partial charge >= 0.3 is 0 Å². The van der Waals surface area contributed by atoms with Gasteiger partial charge in [0.05, 0.1) is 18.8 Å². The van der Waals surface area contributed by atoms with Crippen LogP contribution in [-0.4, -0.2) is 22.5 Å². The van der Waals surface area contributed by atoms with E-state index in [9.17, 15) is 0 Å². The molecule has 0 atom stereocenters. The summed E-state index contributed by atoms with van der Waals surface area (Å²) in [6.07, 6.45) is 1.64. The van der Waals surface area contributed by atoms with Gasteiger partial charge in [0.15, 0.2) is 5.96 Å². The van der Waals surface area contributed by atoms with E-state index in [-0.39, 0.29) is 0 Å². The van der Waals surface area contributed by atoms with Gasteiger partial charge < -0.3 is 19.5 Å². The molecule has 0 radical (unpaired) electrons. The van der Waals surface area contributed by atoms with E-state index >= 15 is 0 Å². The summed E-state index contributed by atoms with van der Waals surface area (Å²) in [5, 5.41) is 6.42. The lowest BCUT2D eigenvalue weighted by molar-refractivity contribution is 0.463. The van der Waals surface area contributed by atoms with Crippen molar-refractivity contribution in [3.05, 3.63) is 59.1 Å². The molecule has 2 heterocycles. The second-order valence-electron chi connectivity index (χ2n) is 6.31. The Morgan fingerprint density at radius 1 is 1.07 bits per heavy atom. The third kappa shape index (κ3) is 4.97. The molecule has 0 saturated carbocycles. The molecular formula is C20H25N5O2. The van der Waals surface area contributed by atoms with Gasteiger partial charge in [0, 0.05) is 12.1 Å². The Morgan fingerprint density at radius 3 is 2.52 bits per heavy atom. The number of hydrogen-bond donors (Lipinski definition) is 2. The molecular weight excluding hydrogens is 342 g/mol. The van der Waals surface area contributed by atoms with Crippen LogP contribution < -0.4 is 10.6 Å². The van der Waals surface area contributed by atoms with Gasteiger partial charge in [-0.05, 0) is 39.8 Å². The van der Waals surface area contributed by atoms with E-state index in [1.165, 1.54) is 5.56 Å². The summed E-state index contributed by atoms with van der Waals surface area (Å²) in [5.74, 6) is 2.74. The van der Waals surface area contributed by atoms with Crippen molar-refractivity contribution in [2.24, 2.45) is 4.99 Å². The minimum absolute atomic E-state index is 0.411. The Kier molecular flexibility index (Phi) is 5.90. The molecule has 0 saturated heterocycles. The Morgan fingerprint density at radius 2 is 1.85 bits per heavy atom. The molecule has 7 heteroatoms. The summed E-state index contributed by atoms with van der Waals surface area (Å²) < 4.78 is 11.2. The van der Waals surface area contributed by atoms with Crippen molar-refractivity contribution in [1.29, 1.82) is 0 Å². The quantitative estimate of drug-likeness (QED) is 0.512. The van der Waals surface area contributed by atoms with Crippen LogP contribution in [0.25, 0.3) is 11.5 Å². The number of aliphatic imine (C=N–C) groups is 1. The van der Waals surface area contributed by atoms with Crippen LogP contribution >= 0.6 is 0 Å². The highest BCUT2D eigenvalue weighted by molar-refractivity contribution is 5.79. The molecule has 0 aliphatic carbocycles. The predicted molar refractivity (Wildman–Crippen MR) is 104 cm³/mol. The highest BCUT2D eigenvalue weighted by Gasteiger charge is 2.08. The maximum absolute atomic E-state index is 5.58. The Labute approximate surface area is 158 Å². The van der Waals surface area contributed by atoms with Gasteiger partial charge in [-0.3, -0.25) is 0 Å². The van der Waals surface area contributed by atoms with Gasteiger partial charge in [0.25, 0.3) is 0 Å². The maximum atomic E-state index is 5.58. The minimum atomic E-state index is 0.411. The number of guanidine groups is 1. The van der Waals surface area contributed by atoms with Gasteiger partial charge in [0.2, 0.25) is 11.8 Å². The molecule has 0 aliphatic rings. The zero-order chi connectivity index (χ0) is 19.2. The first-order valence-electron chi connectivity index (χ1n) is 9.01. The molecule has 2 N–H and O–H groups in total. The van der Waals surface area contributed by atoms with Gasteiger partial charge in [-0.15, -0.1) is 0 Å². The number of oxazole rings is 2. The fourth-order valence-electron chi connectivity index (χ4n) is 2.48. The zero-order valence-corrected chi connectivity index (χ0v) is 16.2. The van der Waals surface area contributed by atoms with Crippen LogP contribution in [0.1, 0.15) is 35.5 Å². The number of aromatic nitrogens is 2. The first kappa shape index (κ1) is 18.7. The van der Waals surface area contributed by atoms with E-state index in [0.29, 0.717) is 30.8 Å². The van der Waals surface area contributed by atoms with E-state index in [0.717, 1.165) is 29.3 Å². The summed E-state index contributed by atoms with van der Waals surface area (Å²) in [5.41, 5.74) is 3.83. The number of nitrogens with one attached hydrogen (secondary N) is 2. The number of rotatable bonds is 6. The Balaban J connectivity index is 1.63. The molecule has 0 aliphatic heterocycles. The van der Waals surface area contributed by atoms with Crippen molar-refractivity contribution in [3.8, 4) is 11.5 Å². The molecule has 27 heavy (non-hydrogen) atoms. The third-order valence-corrected chi connectivity index (χ3v) is 4.07. The highest BCUT2D eigenvalue weighted by atomic mass is 16.4. The van der Waals surface area contributed by atoms with E-state index < -0.39 is 0 Å². The van der Waals surface area contributed by atoms with Crippen LogP contribution in [0.3, 0.4) is 0 Å². The van der Waals surface area contributed by atoms with Gasteiger partial charge in [-0.25, -0.2) is 15.0 Å². The molecule has 0 bridgehead atoms. The normalized spacial score (nSPS) is 11.6. The van der Waals surface area contributed by atoms with Crippen LogP contribution in [0.5, 0.6) is 0 Å². The lowest BCUT2D eigenvalue weighted by Gasteiger charge is -2.09. The SMILES string of the molecule is CCNC(=NCc1coc(-c2ccc(C)cc2)n1)NCc1nc(C)c(C)o1. The van der Waals surface area contributed by atoms with Crippen LogP contribution in [0.2, 0.25) is 0 Å². The topological polar surface area (TPSA) is 88.5 Å². The van der Waals surface area contributed by atoms with E-state index in [2.05, 4.69) is 32.5 Å². The fourth-order valence-corrected chi connectivity index (χ4v) is 2.48. The molecule has 0 amide bonds. The van der Waals surface area contributed by atoms with E-state index in [1.807, 2.05) is 45.0 Å². The van der Waals surface area contributed by atoms with Crippen molar-refractivity contribution in [1.82, 2.24) is 20.6 Å². The Hall–Kier alpha value is -3.09. The number of nitrogens with zero attached hydrogens (tertiary/aromatic N) is 3. The average molecular weight is 367 g/mol. The summed E-state index contributed by atoms with van der Waals surface area (Å²) in [6.45, 7) is 9.53. The maximum Gasteiger partial charge on any atom is 0.226 e. The lowest BCUT2D eigenvalue weighted by atomic mass is 10.1. The summed E-state index contributed by atoms with van der Waals surface area (Å²) in [6, 6.07) is 8.08. The first-order chi connectivity index (χ1) is 13.0. The van der Waals surface area contributed by atoms with Crippen molar-refractivity contribution in [2.75, 3.05) is 6.54 Å². The third-order valence-electron chi connectivity index (χ3n) is 4.07. The van der Waals surface area contributed by atoms with Crippen LogP contribution in [0.15, 0.2) is 44.4 Å². The minimum Gasteiger partial charge on any atom is -0.444 e. The fraction of sp³-hybridized carbons (Fsp3) is 0.350. The van der Waals surface area contributed by atoms with Crippen LogP contribution in [0.4, 0.5) is 0 Å². The standard InChI is InChI=1S/C20H25N5O2/c1-5-21-20(23-11-18-24-14(3)15(4)27-18)22-10-17-12-26-19(25-17)16-8-6-13(2)7-9-16/h6-9,12H,5,10-11H2,1-4H3,(H2,21,22,23). The van der Waals surface area contributed by atoms with Gasteiger partial charge in [0.1, 0.15) is 17.7 Å². The van der Waals surface area contributed by atoms with Crippen molar-refractivity contribution >= 4 is 5.96 Å². The molecule has 142 valence electrons. The van der Waals surface area contributed by atoms with Gasteiger partial charge in [-0.2, -0.15) is 0 Å². The number of hydrogen-bond acceptors (Lipinski definition) is 5. The number of benzene rings is 1. The molecule has 3 aromatic rings. The molecule has 2 aromatic heterocycles. The molecule has 1 aromatic carbocycles. The van der Waals surface area contributed by atoms with Crippen LogP contribution in [-0.2, 0) is 13.1 Å². The molecule has 7 nitrogen and oxygen atoms in total. The molecule has 3 rings (SSSR count). The Bertz CT molecular complexity index is 889. The highest BCUT2D eigenvalue weighted by Crippen LogP contribution is 2.19. The molecule has 0 unspecified atom stereocenters. The van der Waals surface area contributed by atoms with Crippen molar-refractivity contribution < 1.29 is 8.83 Å². The van der Waals surface area contributed by atoms with Crippen molar-refractivity contribution in [3.63, 3.8) is 0 Å². The average Bonchev–Trinajstić information content (AvgIpc) is 3.25. The second-order valence-corrected chi connectivity index (χ2v) is 6.31. The van der Waals surface area contributed by atoms with E-state index in [1.54, 1.807) is 6.26 Å². The van der Waals surface area contributed by atoms with Crippen LogP contribution in [0, 0.1) is 20.8 Å².